The van der Waals surface area contributed by atoms with Gasteiger partial charge in [-0.3, -0.25) is 0 Å². The summed E-state index contributed by atoms with van der Waals surface area (Å²) in [7, 11) is 1.54. The van der Waals surface area contributed by atoms with Crippen LogP contribution in [0.25, 0.3) is 0 Å². The number of aryl methyl sites for hydroxylation is 1. The number of hydrogen-bond acceptors (Lipinski definition) is 3. The van der Waals surface area contributed by atoms with Crippen molar-refractivity contribution in [3.63, 3.8) is 0 Å². The molecule has 0 heterocycles. The molecule has 0 fully saturated rings. The van der Waals surface area contributed by atoms with Gasteiger partial charge in [-0.05, 0) is 53.3 Å². The molecule has 104 valence electrons. The summed E-state index contributed by atoms with van der Waals surface area (Å²) in [6.45, 7) is 2.28. The molecule has 3 nitrogen and oxygen atoms in total. The smallest absolute Gasteiger partial charge is 0.342 e. The van der Waals surface area contributed by atoms with Gasteiger partial charge in [0.25, 0.3) is 0 Å². The van der Waals surface area contributed by atoms with Crippen LogP contribution < -0.4 is 4.74 Å². The van der Waals surface area contributed by atoms with E-state index in [-0.39, 0.29) is 12.6 Å². The zero-order chi connectivity index (χ0) is 14.5. The normalized spacial score (nSPS) is 10.2. The highest BCUT2D eigenvalue weighted by molar-refractivity contribution is 14.1. The van der Waals surface area contributed by atoms with Gasteiger partial charge in [-0.15, -0.1) is 0 Å². The van der Waals surface area contributed by atoms with Crippen LogP contribution in [-0.4, -0.2) is 13.1 Å². The second-order valence-electron chi connectivity index (χ2n) is 4.41. The van der Waals surface area contributed by atoms with Crippen LogP contribution in [0.2, 0.25) is 0 Å². The van der Waals surface area contributed by atoms with Crippen LogP contribution >= 0.6 is 22.6 Å². The van der Waals surface area contributed by atoms with Gasteiger partial charge in [0.2, 0.25) is 0 Å². The summed E-state index contributed by atoms with van der Waals surface area (Å²) >= 11 is 2.15. The summed E-state index contributed by atoms with van der Waals surface area (Å²) in [5, 5.41) is 0. The summed E-state index contributed by atoms with van der Waals surface area (Å²) in [5.74, 6) is 0.153. The number of benzene rings is 2. The maximum absolute atomic E-state index is 12.1. The van der Waals surface area contributed by atoms with Gasteiger partial charge >= 0.3 is 5.97 Å². The number of rotatable bonds is 4. The van der Waals surface area contributed by atoms with Gasteiger partial charge in [-0.2, -0.15) is 0 Å². The first-order valence-corrected chi connectivity index (χ1v) is 7.24. The van der Waals surface area contributed by atoms with Gasteiger partial charge in [0.15, 0.2) is 0 Å². The number of hydrogen-bond donors (Lipinski definition) is 0. The van der Waals surface area contributed by atoms with E-state index in [2.05, 4.69) is 22.6 Å². The fourth-order valence-corrected chi connectivity index (χ4v) is 2.24. The van der Waals surface area contributed by atoms with E-state index in [1.807, 2.05) is 37.3 Å². The Bertz CT molecular complexity index is 606. The second-order valence-corrected chi connectivity index (χ2v) is 5.65. The Morgan fingerprint density at radius 2 is 1.85 bits per heavy atom. The third-order valence-electron chi connectivity index (χ3n) is 2.87. The Morgan fingerprint density at radius 3 is 2.50 bits per heavy atom. The maximum Gasteiger partial charge on any atom is 0.342 e. The fourth-order valence-electron chi connectivity index (χ4n) is 1.75. The lowest BCUT2D eigenvalue weighted by Gasteiger charge is -2.09. The molecule has 0 spiro atoms. The molecule has 0 amide bonds. The highest BCUT2D eigenvalue weighted by Crippen LogP contribution is 2.22. The van der Waals surface area contributed by atoms with Crippen LogP contribution in [0.4, 0.5) is 0 Å². The van der Waals surface area contributed by atoms with Crippen molar-refractivity contribution in [3.8, 4) is 5.75 Å². The topological polar surface area (TPSA) is 35.5 Å². The van der Waals surface area contributed by atoms with Crippen LogP contribution in [0.3, 0.4) is 0 Å². The van der Waals surface area contributed by atoms with Crippen molar-refractivity contribution in [2.75, 3.05) is 7.11 Å². The van der Waals surface area contributed by atoms with E-state index in [1.54, 1.807) is 19.2 Å². The first-order chi connectivity index (χ1) is 9.60. The Morgan fingerprint density at radius 1 is 1.15 bits per heavy atom. The SMILES string of the molecule is COc1ccc(I)cc1C(=O)OCc1ccc(C)cc1. The average Bonchev–Trinajstić information content (AvgIpc) is 2.46. The molecule has 0 aliphatic carbocycles. The molecule has 0 radical (unpaired) electrons. The van der Waals surface area contributed by atoms with Crippen LogP contribution in [-0.2, 0) is 11.3 Å². The van der Waals surface area contributed by atoms with Gasteiger partial charge in [0.1, 0.15) is 17.9 Å². The van der Waals surface area contributed by atoms with E-state index in [9.17, 15) is 4.79 Å². The van der Waals surface area contributed by atoms with Gasteiger partial charge in [-0.1, -0.05) is 29.8 Å². The van der Waals surface area contributed by atoms with Gasteiger partial charge < -0.3 is 9.47 Å². The number of carbonyl (C=O) groups excluding carboxylic acids is 1. The van der Waals surface area contributed by atoms with Crippen molar-refractivity contribution in [3.05, 3.63) is 62.7 Å². The molecule has 0 saturated heterocycles. The van der Waals surface area contributed by atoms with E-state index < -0.39 is 0 Å². The highest BCUT2D eigenvalue weighted by Gasteiger charge is 2.14. The third kappa shape index (κ3) is 3.72. The number of halogens is 1. The molecule has 4 heteroatoms. The number of methoxy groups -OCH3 is 1. The molecule has 0 N–H and O–H groups in total. The Kier molecular flexibility index (Phi) is 5.00. The maximum atomic E-state index is 12.1. The predicted molar refractivity (Wildman–Crippen MR) is 86.0 cm³/mol. The van der Waals surface area contributed by atoms with Crippen LogP contribution in [0.5, 0.6) is 5.75 Å². The molecule has 0 aromatic heterocycles. The zero-order valence-corrected chi connectivity index (χ0v) is 13.5. The van der Waals surface area contributed by atoms with Crippen molar-refractivity contribution >= 4 is 28.6 Å². The molecular formula is C16H15IO3. The molecule has 0 aliphatic rings. The first kappa shape index (κ1) is 14.8. The van der Waals surface area contributed by atoms with E-state index >= 15 is 0 Å². The molecule has 2 aromatic rings. The number of esters is 1. The number of carbonyl (C=O) groups is 1. The van der Waals surface area contributed by atoms with Crippen LogP contribution in [0.15, 0.2) is 42.5 Å². The Hall–Kier alpha value is -1.56. The second kappa shape index (κ2) is 6.74. The molecule has 2 rings (SSSR count). The van der Waals surface area contributed by atoms with Crippen molar-refractivity contribution in [2.24, 2.45) is 0 Å². The summed E-state index contributed by atoms with van der Waals surface area (Å²) in [6.07, 6.45) is 0. The van der Waals surface area contributed by atoms with Crippen molar-refractivity contribution < 1.29 is 14.3 Å². The van der Waals surface area contributed by atoms with Gasteiger partial charge in [-0.25, -0.2) is 4.79 Å². The zero-order valence-electron chi connectivity index (χ0n) is 11.4. The summed E-state index contributed by atoms with van der Waals surface area (Å²) < 4.78 is 11.5. The summed E-state index contributed by atoms with van der Waals surface area (Å²) in [4.78, 5) is 12.1. The molecular weight excluding hydrogens is 367 g/mol. The van der Waals surface area contributed by atoms with E-state index in [0.717, 1.165) is 9.13 Å². The molecule has 2 aromatic carbocycles. The molecule has 0 saturated carbocycles. The summed E-state index contributed by atoms with van der Waals surface area (Å²) in [6, 6.07) is 13.3. The molecule has 20 heavy (non-hydrogen) atoms. The molecule has 0 aliphatic heterocycles. The Balaban J connectivity index is 2.08. The molecule has 0 unspecified atom stereocenters. The number of ether oxygens (including phenoxy) is 2. The lowest BCUT2D eigenvalue weighted by molar-refractivity contribution is 0.0469. The minimum absolute atomic E-state index is 0.258. The molecule has 0 bridgehead atoms. The van der Waals surface area contributed by atoms with Crippen molar-refractivity contribution in [1.82, 2.24) is 0 Å². The van der Waals surface area contributed by atoms with E-state index in [1.165, 1.54) is 5.56 Å². The average molecular weight is 382 g/mol. The largest absolute Gasteiger partial charge is 0.496 e. The standard InChI is InChI=1S/C16H15IO3/c1-11-3-5-12(6-4-11)10-20-16(18)14-9-13(17)7-8-15(14)19-2/h3-9H,10H2,1-2H3. The summed E-state index contributed by atoms with van der Waals surface area (Å²) in [5.41, 5.74) is 2.60. The van der Waals surface area contributed by atoms with Crippen molar-refractivity contribution in [1.29, 1.82) is 0 Å². The minimum Gasteiger partial charge on any atom is -0.496 e. The van der Waals surface area contributed by atoms with E-state index in [4.69, 9.17) is 9.47 Å². The lowest BCUT2D eigenvalue weighted by Crippen LogP contribution is -2.07. The fraction of sp³-hybridized carbons (Fsp3) is 0.188. The van der Waals surface area contributed by atoms with Gasteiger partial charge in [0.05, 0.1) is 7.11 Å². The van der Waals surface area contributed by atoms with Crippen molar-refractivity contribution in [2.45, 2.75) is 13.5 Å². The Labute approximate surface area is 132 Å². The lowest BCUT2D eigenvalue weighted by atomic mass is 10.1. The third-order valence-corrected chi connectivity index (χ3v) is 3.54. The van der Waals surface area contributed by atoms with Crippen LogP contribution in [0, 0.1) is 10.5 Å². The van der Waals surface area contributed by atoms with E-state index in [0.29, 0.717) is 11.3 Å². The monoisotopic (exact) mass is 382 g/mol. The van der Waals surface area contributed by atoms with Gasteiger partial charge in [0, 0.05) is 3.57 Å². The minimum atomic E-state index is -0.374. The predicted octanol–water partition coefficient (Wildman–Crippen LogP) is 3.97. The quantitative estimate of drug-likeness (QED) is 0.593. The van der Waals surface area contributed by atoms with Crippen LogP contribution in [0.1, 0.15) is 21.5 Å². The first-order valence-electron chi connectivity index (χ1n) is 6.16. The molecule has 0 atom stereocenters. The highest BCUT2D eigenvalue weighted by atomic mass is 127.